The third kappa shape index (κ3) is 3.70. The van der Waals surface area contributed by atoms with Crippen LogP contribution in [0.4, 0.5) is 0 Å². The molecule has 4 unspecified atom stereocenters. The number of rotatable bonds is 5. The van der Waals surface area contributed by atoms with Crippen molar-refractivity contribution in [3.63, 3.8) is 0 Å². The van der Waals surface area contributed by atoms with E-state index in [4.69, 9.17) is 0 Å². The van der Waals surface area contributed by atoms with Gasteiger partial charge in [-0.25, -0.2) is 0 Å². The van der Waals surface area contributed by atoms with Crippen LogP contribution in [0.15, 0.2) is 0 Å². The summed E-state index contributed by atoms with van der Waals surface area (Å²) < 4.78 is 0. The molecular weight excluding hydrogens is 156 g/mol. The Morgan fingerprint density at radius 3 is 1.46 bits per heavy atom. The van der Waals surface area contributed by atoms with Crippen molar-refractivity contribution in [1.82, 2.24) is 0 Å². The molecule has 0 spiro atoms. The van der Waals surface area contributed by atoms with Gasteiger partial charge in [-0.1, -0.05) is 54.9 Å². The smallest absolute Gasteiger partial charge is 0.0386 e. The summed E-state index contributed by atoms with van der Waals surface area (Å²) >= 11 is 0. The lowest BCUT2D eigenvalue weighted by Gasteiger charge is -2.32. The van der Waals surface area contributed by atoms with E-state index >= 15 is 0 Å². The Bertz CT molecular complexity index is 126. The highest BCUT2D eigenvalue weighted by molar-refractivity contribution is 4.73. The molecule has 0 heteroatoms. The molecule has 0 radical (unpaired) electrons. The minimum Gasteiger partial charge on any atom is -0.0651 e. The fraction of sp³-hybridized carbons (Fsp3) is 1.00. The van der Waals surface area contributed by atoms with E-state index in [1.165, 1.54) is 6.42 Å². The summed E-state index contributed by atoms with van der Waals surface area (Å²) in [6.07, 6.45) is 1.32. The predicted octanol–water partition coefficient (Wildman–Crippen LogP) is 4.60. The predicted molar refractivity (Wildman–Crippen MR) is 61.8 cm³/mol. The van der Waals surface area contributed by atoms with E-state index in [2.05, 4.69) is 48.5 Å². The minimum atomic E-state index is 0.821. The Kier molecular flexibility index (Phi) is 5.67. The van der Waals surface area contributed by atoms with Crippen molar-refractivity contribution in [3.8, 4) is 0 Å². The molecule has 0 N–H and O–H groups in total. The van der Waals surface area contributed by atoms with Crippen LogP contribution < -0.4 is 0 Å². The highest BCUT2D eigenvalue weighted by Crippen LogP contribution is 2.31. The van der Waals surface area contributed by atoms with Crippen LogP contribution in [0.5, 0.6) is 0 Å². The van der Waals surface area contributed by atoms with E-state index < -0.39 is 0 Å². The Balaban J connectivity index is 4.15. The molecular formula is C13H28. The third-order valence-electron chi connectivity index (χ3n) is 4.25. The molecule has 0 amide bonds. The molecule has 80 valence electrons. The van der Waals surface area contributed by atoms with Crippen LogP contribution in [0.1, 0.15) is 54.9 Å². The van der Waals surface area contributed by atoms with E-state index in [1.807, 2.05) is 0 Å². The van der Waals surface area contributed by atoms with Crippen molar-refractivity contribution in [3.05, 3.63) is 0 Å². The second-order valence-electron chi connectivity index (χ2n) is 5.21. The highest BCUT2D eigenvalue weighted by atomic mass is 14.3. The van der Waals surface area contributed by atoms with Gasteiger partial charge in [-0.2, -0.15) is 0 Å². The summed E-state index contributed by atoms with van der Waals surface area (Å²) in [5.74, 6) is 4.26. The average Bonchev–Trinajstić information content (AvgIpc) is 2.12. The molecule has 0 saturated heterocycles. The van der Waals surface area contributed by atoms with Crippen LogP contribution in [-0.2, 0) is 0 Å². The molecule has 0 nitrogen and oxygen atoms in total. The quantitative estimate of drug-likeness (QED) is 0.586. The first-order valence-corrected chi connectivity index (χ1v) is 5.91. The number of hydrogen-bond donors (Lipinski definition) is 0. The zero-order valence-electron chi connectivity index (χ0n) is 10.6. The molecule has 0 fully saturated rings. The van der Waals surface area contributed by atoms with E-state index in [9.17, 15) is 0 Å². The molecule has 0 aromatic carbocycles. The first kappa shape index (κ1) is 13.0. The van der Waals surface area contributed by atoms with Crippen LogP contribution in [0, 0.1) is 29.6 Å². The maximum Gasteiger partial charge on any atom is -0.0386 e. The van der Waals surface area contributed by atoms with Crippen LogP contribution >= 0.6 is 0 Å². The first-order chi connectivity index (χ1) is 5.91. The minimum absolute atomic E-state index is 0.821. The van der Waals surface area contributed by atoms with Crippen LogP contribution in [0.25, 0.3) is 0 Å². The molecule has 0 aliphatic carbocycles. The fourth-order valence-corrected chi connectivity index (χ4v) is 1.98. The van der Waals surface area contributed by atoms with Gasteiger partial charge in [-0.3, -0.25) is 0 Å². The molecule has 0 bridgehead atoms. The van der Waals surface area contributed by atoms with Gasteiger partial charge in [-0.15, -0.1) is 0 Å². The van der Waals surface area contributed by atoms with Gasteiger partial charge in [0.1, 0.15) is 0 Å². The third-order valence-corrected chi connectivity index (χ3v) is 4.25. The highest BCUT2D eigenvalue weighted by Gasteiger charge is 2.24. The summed E-state index contributed by atoms with van der Waals surface area (Å²) in [6, 6.07) is 0. The van der Waals surface area contributed by atoms with Gasteiger partial charge in [0, 0.05) is 0 Å². The van der Waals surface area contributed by atoms with Crippen molar-refractivity contribution in [2.75, 3.05) is 0 Å². The summed E-state index contributed by atoms with van der Waals surface area (Å²) in [7, 11) is 0. The zero-order valence-corrected chi connectivity index (χ0v) is 10.6. The number of hydrogen-bond acceptors (Lipinski definition) is 0. The molecule has 4 atom stereocenters. The molecule has 0 aromatic heterocycles. The molecule has 0 aliphatic heterocycles. The maximum atomic E-state index is 2.42. The van der Waals surface area contributed by atoms with Gasteiger partial charge in [0.05, 0.1) is 0 Å². The van der Waals surface area contributed by atoms with Gasteiger partial charge in [-0.05, 0) is 29.6 Å². The fourth-order valence-electron chi connectivity index (χ4n) is 1.98. The second-order valence-corrected chi connectivity index (χ2v) is 5.21. The summed E-state index contributed by atoms with van der Waals surface area (Å²) in [5, 5.41) is 0. The Morgan fingerprint density at radius 2 is 1.15 bits per heavy atom. The molecule has 0 rings (SSSR count). The Labute approximate surface area is 85.1 Å². The first-order valence-electron chi connectivity index (χ1n) is 5.91. The lowest BCUT2D eigenvalue weighted by Crippen LogP contribution is -2.24. The van der Waals surface area contributed by atoms with Crippen LogP contribution in [0.2, 0.25) is 0 Å². The van der Waals surface area contributed by atoms with E-state index in [0.29, 0.717) is 0 Å². The standard InChI is InChI=1S/C13H28/c1-8-10(4)12(6)13(7)11(5)9(2)3/h9-13H,8H2,1-7H3. The second kappa shape index (κ2) is 5.67. The van der Waals surface area contributed by atoms with Crippen molar-refractivity contribution < 1.29 is 0 Å². The van der Waals surface area contributed by atoms with Crippen molar-refractivity contribution in [1.29, 1.82) is 0 Å². The normalized spacial score (nSPS) is 21.2. The van der Waals surface area contributed by atoms with Gasteiger partial charge in [0.25, 0.3) is 0 Å². The molecule has 0 heterocycles. The van der Waals surface area contributed by atoms with E-state index in [1.54, 1.807) is 0 Å². The summed E-state index contributed by atoms with van der Waals surface area (Å²) in [5.41, 5.74) is 0. The van der Waals surface area contributed by atoms with Crippen LogP contribution in [0.3, 0.4) is 0 Å². The Morgan fingerprint density at radius 1 is 0.692 bits per heavy atom. The summed E-state index contributed by atoms with van der Waals surface area (Å²) in [6.45, 7) is 16.6. The topological polar surface area (TPSA) is 0 Å². The maximum absolute atomic E-state index is 2.42. The van der Waals surface area contributed by atoms with Gasteiger partial charge < -0.3 is 0 Å². The monoisotopic (exact) mass is 184 g/mol. The lowest BCUT2D eigenvalue weighted by atomic mass is 9.74. The largest absolute Gasteiger partial charge is 0.0651 e. The Hall–Kier alpha value is 0. The summed E-state index contributed by atoms with van der Waals surface area (Å²) in [4.78, 5) is 0. The molecule has 0 aromatic rings. The molecule has 0 aliphatic rings. The van der Waals surface area contributed by atoms with Crippen molar-refractivity contribution >= 4 is 0 Å². The van der Waals surface area contributed by atoms with Crippen LogP contribution in [-0.4, -0.2) is 0 Å². The van der Waals surface area contributed by atoms with E-state index in [-0.39, 0.29) is 0 Å². The van der Waals surface area contributed by atoms with Gasteiger partial charge in [0.2, 0.25) is 0 Å². The molecule has 0 saturated carbocycles. The lowest BCUT2D eigenvalue weighted by molar-refractivity contribution is 0.173. The van der Waals surface area contributed by atoms with Crippen molar-refractivity contribution in [2.24, 2.45) is 29.6 Å². The average molecular weight is 184 g/mol. The molecule has 13 heavy (non-hydrogen) atoms. The van der Waals surface area contributed by atoms with Crippen molar-refractivity contribution in [2.45, 2.75) is 54.9 Å². The van der Waals surface area contributed by atoms with E-state index in [0.717, 1.165) is 29.6 Å². The zero-order chi connectivity index (χ0) is 10.6. The SMILES string of the molecule is CCC(C)C(C)C(C)C(C)C(C)C. The van der Waals surface area contributed by atoms with Gasteiger partial charge in [0.15, 0.2) is 0 Å². The van der Waals surface area contributed by atoms with Gasteiger partial charge >= 0.3 is 0 Å².